The molecular weight excluding hydrogens is 408 g/mol. The highest BCUT2D eigenvalue weighted by Gasteiger charge is 2.34. The second-order valence-corrected chi connectivity index (χ2v) is 8.52. The Bertz CT molecular complexity index is 1050. The van der Waals surface area contributed by atoms with Crippen LogP contribution in [0.4, 0.5) is 5.69 Å². The van der Waals surface area contributed by atoms with Gasteiger partial charge in [0.15, 0.2) is 6.10 Å². The minimum atomic E-state index is -0.523. The molecule has 6 heteroatoms. The minimum Gasteiger partial charge on any atom is -0.480 e. The van der Waals surface area contributed by atoms with Crippen molar-refractivity contribution in [1.82, 2.24) is 4.90 Å². The van der Waals surface area contributed by atoms with Crippen molar-refractivity contribution in [2.75, 3.05) is 5.32 Å². The van der Waals surface area contributed by atoms with E-state index in [0.717, 1.165) is 17.5 Å². The van der Waals surface area contributed by atoms with Gasteiger partial charge in [0.25, 0.3) is 11.8 Å². The molecule has 0 unspecified atom stereocenters. The Morgan fingerprint density at radius 3 is 2.65 bits per heavy atom. The van der Waals surface area contributed by atoms with Gasteiger partial charge in [-0.15, -0.1) is 11.3 Å². The molecule has 0 radical (unpaired) electrons. The number of carbonyl (C=O) groups is 2. The first-order chi connectivity index (χ1) is 15.1. The van der Waals surface area contributed by atoms with E-state index in [1.807, 2.05) is 59.7 Å². The van der Waals surface area contributed by atoms with Crippen molar-refractivity contribution in [3.63, 3.8) is 0 Å². The summed E-state index contributed by atoms with van der Waals surface area (Å²) in [6.07, 6.45) is 0.873. The van der Waals surface area contributed by atoms with Crippen LogP contribution < -0.4 is 10.1 Å². The molecule has 5 nitrogen and oxygen atoms in total. The number of hydrogen-bond donors (Lipinski definition) is 1. The van der Waals surface area contributed by atoms with Gasteiger partial charge in [-0.25, -0.2) is 0 Å². The maximum atomic E-state index is 13.4. The Labute approximate surface area is 186 Å². The third kappa shape index (κ3) is 4.49. The zero-order valence-corrected chi connectivity index (χ0v) is 18.5. The molecule has 1 aromatic heterocycles. The molecule has 0 bridgehead atoms. The van der Waals surface area contributed by atoms with Crippen LogP contribution in [0.15, 0.2) is 66.0 Å². The van der Waals surface area contributed by atoms with Crippen LogP contribution in [-0.2, 0) is 11.3 Å². The lowest BCUT2D eigenvalue weighted by Crippen LogP contribution is -2.41. The average Bonchev–Trinajstić information content (AvgIpc) is 3.29. The van der Waals surface area contributed by atoms with Crippen LogP contribution in [0.1, 0.15) is 53.5 Å². The molecule has 0 saturated heterocycles. The van der Waals surface area contributed by atoms with Crippen LogP contribution >= 0.6 is 11.3 Å². The van der Waals surface area contributed by atoms with Gasteiger partial charge in [0.2, 0.25) is 0 Å². The molecule has 2 heterocycles. The third-order valence-corrected chi connectivity index (χ3v) is 6.42. The van der Waals surface area contributed by atoms with Crippen LogP contribution in [0, 0.1) is 0 Å². The topological polar surface area (TPSA) is 58.6 Å². The normalized spacial score (nSPS) is 16.8. The summed E-state index contributed by atoms with van der Waals surface area (Å²) in [4.78, 5) is 28.4. The number of nitrogens with one attached hydrogen (secondary N) is 1. The summed E-state index contributed by atoms with van der Waals surface area (Å²) >= 11 is 1.40. The monoisotopic (exact) mass is 434 g/mol. The smallest absolute Gasteiger partial charge is 0.265 e. The van der Waals surface area contributed by atoms with Crippen molar-refractivity contribution in [3.05, 3.63) is 82.0 Å². The first-order valence-electron chi connectivity index (χ1n) is 10.6. The Morgan fingerprint density at radius 1 is 1.16 bits per heavy atom. The Hall–Kier alpha value is -3.12. The second-order valence-electron chi connectivity index (χ2n) is 7.57. The molecule has 0 fully saturated rings. The van der Waals surface area contributed by atoms with Gasteiger partial charge in [0, 0.05) is 11.3 Å². The predicted octanol–water partition coefficient (Wildman–Crippen LogP) is 5.65. The number of anilines is 1. The van der Waals surface area contributed by atoms with Crippen molar-refractivity contribution in [1.29, 1.82) is 0 Å². The van der Waals surface area contributed by atoms with E-state index in [4.69, 9.17) is 4.74 Å². The lowest BCUT2D eigenvalue weighted by atomic mass is 10.0. The molecule has 3 aromatic rings. The van der Waals surface area contributed by atoms with E-state index >= 15 is 0 Å². The summed E-state index contributed by atoms with van der Waals surface area (Å²) in [7, 11) is 0. The number of carbonyl (C=O) groups excluding carboxylic acids is 2. The largest absolute Gasteiger partial charge is 0.480 e. The first-order valence-corrected chi connectivity index (χ1v) is 11.5. The van der Waals surface area contributed by atoms with E-state index in [0.29, 0.717) is 29.3 Å². The van der Waals surface area contributed by atoms with Crippen molar-refractivity contribution in [2.24, 2.45) is 0 Å². The lowest BCUT2D eigenvalue weighted by Gasteiger charge is -2.32. The number of rotatable bonds is 6. The molecule has 0 saturated carbocycles. The van der Waals surface area contributed by atoms with Crippen LogP contribution in [-0.4, -0.2) is 22.8 Å². The molecule has 2 atom stereocenters. The van der Waals surface area contributed by atoms with E-state index in [9.17, 15) is 9.59 Å². The van der Waals surface area contributed by atoms with Crippen molar-refractivity contribution < 1.29 is 14.3 Å². The summed E-state index contributed by atoms with van der Waals surface area (Å²) in [5, 5.41) is 4.83. The van der Waals surface area contributed by atoms with E-state index < -0.39 is 6.10 Å². The van der Waals surface area contributed by atoms with Gasteiger partial charge in [-0.2, -0.15) is 0 Å². The zero-order valence-electron chi connectivity index (χ0n) is 17.7. The van der Waals surface area contributed by atoms with Gasteiger partial charge >= 0.3 is 0 Å². The molecule has 160 valence electrons. The summed E-state index contributed by atoms with van der Waals surface area (Å²) in [5.41, 5.74) is 2.69. The van der Waals surface area contributed by atoms with Gasteiger partial charge < -0.3 is 15.0 Å². The van der Waals surface area contributed by atoms with Gasteiger partial charge in [0.1, 0.15) is 5.75 Å². The SMILES string of the molecule is CC[C@@H]1Oc2ccc(NC(=O)c3cccs3)cc2CN([C@@H](CC)c2ccccc2)C1=O. The molecule has 31 heavy (non-hydrogen) atoms. The van der Waals surface area contributed by atoms with Crippen LogP contribution in [0.2, 0.25) is 0 Å². The quantitative estimate of drug-likeness (QED) is 0.545. The average molecular weight is 435 g/mol. The number of fused-ring (bicyclic) bond motifs is 1. The van der Waals surface area contributed by atoms with E-state index in [2.05, 4.69) is 24.4 Å². The highest BCUT2D eigenvalue weighted by molar-refractivity contribution is 7.12. The summed E-state index contributed by atoms with van der Waals surface area (Å²) in [5.74, 6) is 0.554. The first kappa shape index (κ1) is 21.1. The fourth-order valence-corrected chi connectivity index (χ4v) is 4.60. The molecule has 1 N–H and O–H groups in total. The fraction of sp³-hybridized carbons (Fsp3) is 0.280. The molecule has 0 spiro atoms. The molecule has 1 aliphatic rings. The standard InChI is InChI=1S/C25H26N2O3S/c1-3-20(17-9-6-5-7-10-17)27-16-18-15-19(26-24(28)23-11-8-14-31-23)12-13-22(18)30-21(4-2)25(27)29/h5-15,20-21H,3-4,16H2,1-2H3,(H,26,28)/t20-,21-/m0/s1. The molecule has 0 aliphatic carbocycles. The summed E-state index contributed by atoms with van der Waals surface area (Å²) < 4.78 is 6.11. The Kier molecular flexibility index (Phi) is 6.37. The van der Waals surface area contributed by atoms with Gasteiger partial charge in [0.05, 0.1) is 17.5 Å². The Balaban J connectivity index is 1.66. The number of ether oxygens (including phenoxy) is 1. The van der Waals surface area contributed by atoms with Crippen LogP contribution in [0.5, 0.6) is 5.75 Å². The maximum Gasteiger partial charge on any atom is 0.265 e. The highest BCUT2D eigenvalue weighted by Crippen LogP contribution is 2.35. The highest BCUT2D eigenvalue weighted by atomic mass is 32.1. The number of nitrogens with zero attached hydrogens (tertiary/aromatic N) is 1. The second kappa shape index (κ2) is 9.35. The molecule has 1 aliphatic heterocycles. The van der Waals surface area contributed by atoms with E-state index in [1.165, 1.54) is 11.3 Å². The van der Waals surface area contributed by atoms with Crippen molar-refractivity contribution in [2.45, 2.75) is 45.4 Å². The van der Waals surface area contributed by atoms with Crippen LogP contribution in [0.3, 0.4) is 0 Å². The van der Waals surface area contributed by atoms with Gasteiger partial charge in [-0.1, -0.05) is 50.2 Å². The fourth-order valence-electron chi connectivity index (χ4n) is 3.98. The number of hydrogen-bond acceptors (Lipinski definition) is 4. The van der Waals surface area contributed by atoms with Crippen molar-refractivity contribution in [3.8, 4) is 5.75 Å². The minimum absolute atomic E-state index is 0.00132. The lowest BCUT2D eigenvalue weighted by molar-refractivity contribution is -0.141. The van der Waals surface area contributed by atoms with Crippen molar-refractivity contribution >= 4 is 28.8 Å². The van der Waals surface area contributed by atoms with E-state index in [-0.39, 0.29) is 17.9 Å². The molecule has 4 rings (SSSR count). The van der Waals surface area contributed by atoms with Crippen LogP contribution in [0.25, 0.3) is 0 Å². The molecular formula is C25H26N2O3S. The third-order valence-electron chi connectivity index (χ3n) is 5.55. The maximum absolute atomic E-state index is 13.4. The summed E-state index contributed by atoms with van der Waals surface area (Å²) in [6.45, 7) is 4.49. The number of benzene rings is 2. The molecule has 2 aromatic carbocycles. The molecule has 2 amide bonds. The number of thiophene rings is 1. The van der Waals surface area contributed by atoms with Gasteiger partial charge in [-0.05, 0) is 48.1 Å². The summed E-state index contributed by atoms with van der Waals surface area (Å²) in [6, 6.07) is 19.3. The zero-order chi connectivity index (χ0) is 21.8. The predicted molar refractivity (Wildman–Crippen MR) is 123 cm³/mol. The van der Waals surface area contributed by atoms with E-state index in [1.54, 1.807) is 6.07 Å². The Morgan fingerprint density at radius 2 is 1.97 bits per heavy atom. The number of amides is 2. The van der Waals surface area contributed by atoms with Gasteiger partial charge in [-0.3, -0.25) is 9.59 Å².